The third-order valence-corrected chi connectivity index (χ3v) is 2.37. The Balaban J connectivity index is 3.14. The van der Waals surface area contributed by atoms with Crippen LogP contribution < -0.4 is 5.73 Å². The van der Waals surface area contributed by atoms with Gasteiger partial charge in [0.1, 0.15) is 0 Å². The zero-order valence-electron chi connectivity index (χ0n) is 5.14. The smallest absolute Gasteiger partial charge is 0.0749 e. The van der Waals surface area contributed by atoms with Crippen LogP contribution in [0.1, 0.15) is 5.69 Å². The monoisotopic (exact) mass is 264 g/mol. The molecule has 0 spiro atoms. The third kappa shape index (κ3) is 1.49. The molecule has 0 aliphatic carbocycles. The van der Waals surface area contributed by atoms with E-state index in [1.54, 1.807) is 6.20 Å². The van der Waals surface area contributed by atoms with Gasteiger partial charge in [-0.25, -0.2) is 0 Å². The molecule has 0 saturated heterocycles. The predicted octanol–water partition coefficient (Wildman–Crippen LogP) is 2.32. The highest BCUT2D eigenvalue weighted by Gasteiger charge is 2.00. The standard InChI is InChI=1S/C6H6Br2N2/c7-3-5-6(9)4(8)1-2-10-5/h1-2H,3,9H2. The van der Waals surface area contributed by atoms with Gasteiger partial charge in [-0.2, -0.15) is 0 Å². The van der Waals surface area contributed by atoms with E-state index in [0.717, 1.165) is 10.2 Å². The van der Waals surface area contributed by atoms with Gasteiger partial charge in [-0.05, 0) is 22.0 Å². The van der Waals surface area contributed by atoms with Crippen molar-refractivity contribution in [2.24, 2.45) is 0 Å². The molecule has 54 valence electrons. The summed E-state index contributed by atoms with van der Waals surface area (Å²) >= 11 is 6.58. The van der Waals surface area contributed by atoms with Gasteiger partial charge in [0.05, 0.1) is 11.4 Å². The van der Waals surface area contributed by atoms with Gasteiger partial charge in [0.25, 0.3) is 0 Å². The topological polar surface area (TPSA) is 38.9 Å². The fraction of sp³-hybridized carbons (Fsp3) is 0.167. The molecule has 0 amide bonds. The molecule has 0 aromatic carbocycles. The summed E-state index contributed by atoms with van der Waals surface area (Å²) in [4.78, 5) is 4.06. The Kier molecular flexibility index (Phi) is 2.68. The Labute approximate surface area is 76.1 Å². The quantitative estimate of drug-likeness (QED) is 0.792. The number of hydrogen-bond donors (Lipinski definition) is 1. The predicted molar refractivity (Wildman–Crippen MR) is 49.0 cm³/mol. The summed E-state index contributed by atoms with van der Waals surface area (Å²) in [5.74, 6) is 0. The van der Waals surface area contributed by atoms with E-state index in [9.17, 15) is 0 Å². The summed E-state index contributed by atoms with van der Waals surface area (Å²) in [6.07, 6.45) is 1.72. The highest BCUT2D eigenvalue weighted by molar-refractivity contribution is 9.10. The first-order chi connectivity index (χ1) is 4.75. The molecule has 0 atom stereocenters. The number of aromatic nitrogens is 1. The molecule has 0 aliphatic heterocycles. The van der Waals surface area contributed by atoms with Crippen LogP contribution in [0.15, 0.2) is 16.7 Å². The summed E-state index contributed by atoms with van der Waals surface area (Å²) in [5.41, 5.74) is 7.23. The fourth-order valence-electron chi connectivity index (χ4n) is 0.596. The van der Waals surface area contributed by atoms with Gasteiger partial charge in [-0.3, -0.25) is 4.98 Å². The summed E-state index contributed by atoms with van der Waals surface area (Å²) in [7, 11) is 0. The van der Waals surface area contributed by atoms with Crippen LogP contribution in [0, 0.1) is 0 Å². The summed E-state index contributed by atoms with van der Waals surface area (Å²) < 4.78 is 0.900. The molecule has 1 rings (SSSR count). The van der Waals surface area contributed by atoms with E-state index < -0.39 is 0 Å². The van der Waals surface area contributed by atoms with Gasteiger partial charge >= 0.3 is 0 Å². The minimum atomic E-state index is 0.693. The molecular formula is C6H6Br2N2. The molecule has 0 radical (unpaired) electrons. The van der Waals surface area contributed by atoms with Gasteiger partial charge in [0.15, 0.2) is 0 Å². The second kappa shape index (κ2) is 3.34. The fourth-order valence-corrected chi connectivity index (χ4v) is 1.39. The number of nitrogen functional groups attached to an aromatic ring is 1. The summed E-state index contributed by atoms with van der Waals surface area (Å²) in [6.45, 7) is 0. The van der Waals surface area contributed by atoms with Crippen molar-refractivity contribution < 1.29 is 0 Å². The molecule has 1 aromatic rings. The van der Waals surface area contributed by atoms with Crippen molar-refractivity contribution in [1.82, 2.24) is 4.98 Å². The lowest BCUT2D eigenvalue weighted by molar-refractivity contribution is 1.18. The molecule has 0 saturated carbocycles. The molecule has 1 heterocycles. The van der Waals surface area contributed by atoms with Crippen LogP contribution in [-0.2, 0) is 5.33 Å². The highest BCUT2D eigenvalue weighted by Crippen LogP contribution is 2.22. The number of alkyl halides is 1. The average molecular weight is 266 g/mol. The molecule has 2 N–H and O–H groups in total. The Bertz CT molecular complexity index is 237. The van der Waals surface area contributed by atoms with Crippen LogP contribution >= 0.6 is 31.9 Å². The highest BCUT2D eigenvalue weighted by atomic mass is 79.9. The van der Waals surface area contributed by atoms with E-state index in [2.05, 4.69) is 36.8 Å². The van der Waals surface area contributed by atoms with E-state index in [-0.39, 0.29) is 0 Å². The lowest BCUT2D eigenvalue weighted by atomic mass is 10.3. The molecule has 2 nitrogen and oxygen atoms in total. The SMILES string of the molecule is Nc1c(Br)ccnc1CBr. The molecule has 10 heavy (non-hydrogen) atoms. The Morgan fingerprint density at radius 2 is 2.30 bits per heavy atom. The maximum atomic E-state index is 5.65. The maximum Gasteiger partial charge on any atom is 0.0749 e. The van der Waals surface area contributed by atoms with E-state index in [1.807, 2.05) is 6.07 Å². The number of nitrogens with zero attached hydrogens (tertiary/aromatic N) is 1. The normalized spacial score (nSPS) is 9.80. The first kappa shape index (κ1) is 8.01. The van der Waals surface area contributed by atoms with Gasteiger partial charge in [0.2, 0.25) is 0 Å². The molecule has 1 aromatic heterocycles. The van der Waals surface area contributed by atoms with Crippen LogP contribution in [0.3, 0.4) is 0 Å². The number of nitrogens with two attached hydrogens (primary N) is 1. The molecule has 0 fully saturated rings. The summed E-state index contributed by atoms with van der Waals surface area (Å²) in [5, 5.41) is 0.693. The zero-order valence-corrected chi connectivity index (χ0v) is 8.31. The molecule has 0 unspecified atom stereocenters. The van der Waals surface area contributed by atoms with Crippen molar-refractivity contribution >= 4 is 37.5 Å². The lowest BCUT2D eigenvalue weighted by Gasteiger charge is -2.00. The van der Waals surface area contributed by atoms with E-state index in [0.29, 0.717) is 11.0 Å². The van der Waals surface area contributed by atoms with E-state index in [4.69, 9.17) is 5.73 Å². The maximum absolute atomic E-state index is 5.65. The van der Waals surface area contributed by atoms with Crippen molar-refractivity contribution in [3.05, 3.63) is 22.4 Å². The second-order valence-corrected chi connectivity index (χ2v) is 3.20. The number of anilines is 1. The van der Waals surface area contributed by atoms with Crippen molar-refractivity contribution in [3.8, 4) is 0 Å². The zero-order chi connectivity index (χ0) is 7.56. The Morgan fingerprint density at radius 3 is 2.80 bits per heavy atom. The van der Waals surface area contributed by atoms with Crippen LogP contribution in [0.2, 0.25) is 0 Å². The summed E-state index contributed by atoms with van der Waals surface area (Å²) in [6, 6.07) is 1.82. The van der Waals surface area contributed by atoms with Gasteiger partial charge in [-0.1, -0.05) is 15.9 Å². The molecule has 0 aliphatic rings. The van der Waals surface area contributed by atoms with E-state index >= 15 is 0 Å². The Morgan fingerprint density at radius 1 is 1.60 bits per heavy atom. The molecular weight excluding hydrogens is 260 g/mol. The van der Waals surface area contributed by atoms with Crippen LogP contribution in [0.5, 0.6) is 0 Å². The first-order valence-electron chi connectivity index (χ1n) is 2.70. The van der Waals surface area contributed by atoms with Gasteiger partial charge < -0.3 is 5.73 Å². The average Bonchev–Trinajstić information content (AvgIpc) is 1.95. The minimum absolute atomic E-state index is 0.693. The molecule has 4 heteroatoms. The number of pyridine rings is 1. The van der Waals surface area contributed by atoms with Crippen molar-refractivity contribution in [3.63, 3.8) is 0 Å². The number of hydrogen-bond acceptors (Lipinski definition) is 2. The van der Waals surface area contributed by atoms with Crippen LogP contribution in [-0.4, -0.2) is 4.98 Å². The van der Waals surface area contributed by atoms with Crippen molar-refractivity contribution in [2.75, 3.05) is 5.73 Å². The number of rotatable bonds is 1. The lowest BCUT2D eigenvalue weighted by Crippen LogP contribution is -1.95. The van der Waals surface area contributed by atoms with Crippen LogP contribution in [0.25, 0.3) is 0 Å². The van der Waals surface area contributed by atoms with Crippen LogP contribution in [0.4, 0.5) is 5.69 Å². The van der Waals surface area contributed by atoms with Crippen molar-refractivity contribution in [1.29, 1.82) is 0 Å². The second-order valence-electron chi connectivity index (χ2n) is 1.79. The minimum Gasteiger partial charge on any atom is -0.396 e. The van der Waals surface area contributed by atoms with Crippen molar-refractivity contribution in [2.45, 2.75) is 5.33 Å². The molecule has 0 bridgehead atoms. The van der Waals surface area contributed by atoms with Gasteiger partial charge in [0, 0.05) is 16.0 Å². The Hall–Kier alpha value is -0.0900. The third-order valence-electron chi connectivity index (χ3n) is 1.15. The number of halogens is 2. The largest absolute Gasteiger partial charge is 0.396 e. The van der Waals surface area contributed by atoms with E-state index in [1.165, 1.54) is 0 Å². The van der Waals surface area contributed by atoms with Gasteiger partial charge in [-0.15, -0.1) is 0 Å². The first-order valence-corrected chi connectivity index (χ1v) is 4.62.